The van der Waals surface area contributed by atoms with Crippen molar-refractivity contribution < 1.29 is 8.42 Å². The summed E-state index contributed by atoms with van der Waals surface area (Å²) in [5.74, 6) is 0. The maximum absolute atomic E-state index is 12.5. The fourth-order valence-electron chi connectivity index (χ4n) is 2.35. The van der Waals surface area contributed by atoms with Crippen molar-refractivity contribution >= 4 is 33.2 Å². The van der Waals surface area contributed by atoms with Crippen molar-refractivity contribution in [3.05, 3.63) is 28.2 Å². The smallest absolute Gasteiger partial charge is 0.207 e. The highest BCUT2D eigenvalue weighted by atomic mass is 35.5. The number of halogens is 2. The van der Waals surface area contributed by atoms with Crippen LogP contribution in [0.2, 0.25) is 10.0 Å². The maximum Gasteiger partial charge on any atom is 0.243 e. The summed E-state index contributed by atoms with van der Waals surface area (Å²) in [7, 11) is -3.48. The lowest BCUT2D eigenvalue weighted by atomic mass is 10.2. The molecule has 0 saturated carbocycles. The van der Waals surface area contributed by atoms with Gasteiger partial charge in [0.25, 0.3) is 0 Å². The van der Waals surface area contributed by atoms with Gasteiger partial charge in [0.05, 0.1) is 4.90 Å². The molecule has 0 amide bonds. The van der Waals surface area contributed by atoms with Crippen LogP contribution in [0.4, 0.5) is 0 Å². The first-order valence-corrected chi connectivity index (χ1v) is 8.12. The molecule has 18 heavy (non-hydrogen) atoms. The van der Waals surface area contributed by atoms with Gasteiger partial charge in [0.2, 0.25) is 10.0 Å². The lowest BCUT2D eigenvalue weighted by molar-refractivity contribution is 0.379. The third-order valence-electron chi connectivity index (χ3n) is 3.24. The fourth-order valence-corrected chi connectivity index (χ4v) is 4.84. The Balaban J connectivity index is 2.41. The lowest BCUT2D eigenvalue weighted by Crippen LogP contribution is -2.35. The molecule has 0 N–H and O–H groups in total. The first-order chi connectivity index (χ1) is 8.45. The highest BCUT2D eigenvalue weighted by Crippen LogP contribution is 2.30. The molecular weight excluding hydrogens is 293 g/mol. The van der Waals surface area contributed by atoms with Crippen molar-refractivity contribution in [1.82, 2.24) is 4.31 Å². The summed E-state index contributed by atoms with van der Waals surface area (Å²) in [6.07, 6.45) is 2.66. The number of rotatable bonds is 3. The normalized spacial score (nSPS) is 21.4. The second kappa shape index (κ2) is 5.37. The summed E-state index contributed by atoms with van der Waals surface area (Å²) in [5, 5.41) is 0.682. The van der Waals surface area contributed by atoms with Crippen LogP contribution in [-0.2, 0) is 10.0 Å². The Hall–Kier alpha value is -0.290. The van der Waals surface area contributed by atoms with Crippen molar-refractivity contribution in [2.24, 2.45) is 0 Å². The Morgan fingerprint density at radius 2 is 1.89 bits per heavy atom. The highest BCUT2D eigenvalue weighted by molar-refractivity contribution is 7.89. The Bertz CT molecular complexity index is 525. The second-order valence-electron chi connectivity index (χ2n) is 4.43. The maximum atomic E-state index is 12.5. The van der Waals surface area contributed by atoms with Crippen LogP contribution < -0.4 is 0 Å². The number of benzene rings is 1. The van der Waals surface area contributed by atoms with E-state index < -0.39 is 10.0 Å². The van der Waals surface area contributed by atoms with Crippen LogP contribution in [0.3, 0.4) is 0 Å². The van der Waals surface area contributed by atoms with Gasteiger partial charge in [-0.3, -0.25) is 0 Å². The van der Waals surface area contributed by atoms with E-state index in [9.17, 15) is 8.42 Å². The highest BCUT2D eigenvalue weighted by Gasteiger charge is 2.34. The van der Waals surface area contributed by atoms with Crippen LogP contribution in [0.1, 0.15) is 26.2 Å². The van der Waals surface area contributed by atoms with Crippen molar-refractivity contribution in [2.75, 3.05) is 6.54 Å². The summed E-state index contributed by atoms with van der Waals surface area (Å²) < 4.78 is 26.6. The van der Waals surface area contributed by atoms with Gasteiger partial charge in [-0.2, -0.15) is 4.31 Å². The van der Waals surface area contributed by atoms with Gasteiger partial charge in [-0.05, 0) is 37.5 Å². The third-order valence-corrected chi connectivity index (χ3v) is 5.60. The Labute approximate surface area is 118 Å². The van der Waals surface area contributed by atoms with E-state index >= 15 is 0 Å². The second-order valence-corrected chi connectivity index (χ2v) is 7.19. The molecule has 0 aliphatic carbocycles. The number of hydrogen-bond donors (Lipinski definition) is 0. The fraction of sp³-hybridized carbons (Fsp3) is 0.500. The topological polar surface area (TPSA) is 37.4 Å². The van der Waals surface area contributed by atoms with Gasteiger partial charge >= 0.3 is 0 Å². The molecule has 0 aromatic heterocycles. The van der Waals surface area contributed by atoms with Gasteiger partial charge in [-0.25, -0.2) is 8.42 Å². The minimum absolute atomic E-state index is 0.0905. The first-order valence-electron chi connectivity index (χ1n) is 5.93. The molecule has 1 aromatic rings. The number of nitrogens with zero attached hydrogens (tertiary/aromatic N) is 1. The average Bonchev–Trinajstić information content (AvgIpc) is 2.76. The van der Waals surface area contributed by atoms with Gasteiger partial charge in [-0.1, -0.05) is 30.1 Å². The monoisotopic (exact) mass is 307 g/mol. The SMILES string of the molecule is CC[C@@H]1CCCN1S(=O)(=O)c1cc(Cl)cc(Cl)c1. The van der Waals surface area contributed by atoms with Gasteiger partial charge in [0, 0.05) is 22.6 Å². The van der Waals surface area contributed by atoms with Crippen LogP contribution in [0.5, 0.6) is 0 Å². The van der Waals surface area contributed by atoms with E-state index in [0.29, 0.717) is 16.6 Å². The predicted octanol–water partition coefficient (Wildman–Crippen LogP) is 3.56. The molecule has 1 heterocycles. The minimum Gasteiger partial charge on any atom is -0.207 e. The molecule has 1 fully saturated rings. The van der Waals surface area contributed by atoms with E-state index in [-0.39, 0.29) is 10.9 Å². The van der Waals surface area contributed by atoms with E-state index in [4.69, 9.17) is 23.2 Å². The summed E-state index contributed by atoms with van der Waals surface area (Å²) >= 11 is 11.7. The predicted molar refractivity (Wildman–Crippen MR) is 73.7 cm³/mol. The molecule has 1 aliphatic rings. The quantitative estimate of drug-likeness (QED) is 0.856. The number of hydrogen-bond acceptors (Lipinski definition) is 2. The van der Waals surface area contributed by atoms with E-state index in [2.05, 4.69) is 0 Å². The van der Waals surface area contributed by atoms with Crippen LogP contribution in [0.25, 0.3) is 0 Å². The summed E-state index contributed by atoms with van der Waals surface area (Å²) in [4.78, 5) is 0.181. The first kappa shape index (κ1) is 14.1. The molecule has 3 nitrogen and oxygen atoms in total. The van der Waals surface area contributed by atoms with E-state index in [1.165, 1.54) is 18.2 Å². The molecule has 0 spiro atoms. The third kappa shape index (κ3) is 2.67. The summed E-state index contributed by atoms with van der Waals surface area (Å²) in [6, 6.07) is 4.53. The molecule has 0 bridgehead atoms. The van der Waals surface area contributed by atoms with Crippen LogP contribution in [0.15, 0.2) is 23.1 Å². The Morgan fingerprint density at radius 1 is 1.28 bits per heavy atom. The van der Waals surface area contributed by atoms with Gasteiger partial charge in [0.1, 0.15) is 0 Å². The van der Waals surface area contributed by atoms with Crippen LogP contribution in [-0.4, -0.2) is 25.3 Å². The Morgan fingerprint density at radius 3 is 2.44 bits per heavy atom. The average molecular weight is 308 g/mol. The molecule has 1 aromatic carbocycles. The van der Waals surface area contributed by atoms with Crippen molar-refractivity contribution in [3.63, 3.8) is 0 Å². The zero-order valence-corrected chi connectivity index (χ0v) is 12.4. The van der Waals surface area contributed by atoms with Crippen molar-refractivity contribution in [2.45, 2.75) is 37.1 Å². The molecule has 6 heteroatoms. The molecule has 1 saturated heterocycles. The zero-order chi connectivity index (χ0) is 13.3. The van der Waals surface area contributed by atoms with E-state index in [1.807, 2.05) is 6.92 Å². The number of sulfonamides is 1. The minimum atomic E-state index is -3.48. The largest absolute Gasteiger partial charge is 0.243 e. The molecule has 0 unspecified atom stereocenters. The lowest BCUT2D eigenvalue weighted by Gasteiger charge is -2.23. The van der Waals surface area contributed by atoms with Crippen molar-refractivity contribution in [1.29, 1.82) is 0 Å². The van der Waals surface area contributed by atoms with Crippen LogP contribution in [0, 0.1) is 0 Å². The van der Waals surface area contributed by atoms with Crippen molar-refractivity contribution in [3.8, 4) is 0 Å². The van der Waals surface area contributed by atoms with Gasteiger partial charge in [-0.15, -0.1) is 0 Å². The Kier molecular flexibility index (Phi) is 4.22. The molecule has 2 rings (SSSR count). The molecule has 1 aliphatic heterocycles. The van der Waals surface area contributed by atoms with E-state index in [1.54, 1.807) is 4.31 Å². The van der Waals surface area contributed by atoms with Gasteiger partial charge < -0.3 is 0 Å². The molecule has 0 radical (unpaired) electrons. The van der Waals surface area contributed by atoms with E-state index in [0.717, 1.165) is 19.3 Å². The summed E-state index contributed by atoms with van der Waals surface area (Å²) in [6.45, 7) is 2.58. The summed E-state index contributed by atoms with van der Waals surface area (Å²) in [5.41, 5.74) is 0. The van der Waals surface area contributed by atoms with Gasteiger partial charge in [0.15, 0.2) is 0 Å². The molecule has 1 atom stereocenters. The standard InChI is InChI=1S/C12H15Cl2NO2S/c1-2-11-4-3-5-15(11)18(16,17)12-7-9(13)6-10(14)8-12/h6-8,11H,2-5H2,1H3/t11-/m1/s1. The zero-order valence-electron chi connectivity index (χ0n) is 10.1. The molecular formula is C12H15Cl2NO2S. The molecule has 100 valence electrons. The van der Waals surface area contributed by atoms with Crippen LogP contribution >= 0.6 is 23.2 Å².